The van der Waals surface area contributed by atoms with Gasteiger partial charge in [0.15, 0.2) is 0 Å². The lowest BCUT2D eigenvalue weighted by Crippen LogP contribution is -2.14. The Morgan fingerprint density at radius 3 is 2.82 bits per heavy atom. The third kappa shape index (κ3) is 3.05. The minimum Gasteiger partial charge on any atom is -0.507 e. The summed E-state index contributed by atoms with van der Waals surface area (Å²) in [4.78, 5) is 33.0. The smallest absolute Gasteiger partial charge is 0.378 e. The summed E-state index contributed by atoms with van der Waals surface area (Å²) in [5.41, 5.74) is 0.982. The molecule has 0 saturated heterocycles. The van der Waals surface area contributed by atoms with Crippen LogP contribution in [-0.2, 0) is 20.7 Å². The molecule has 0 amide bonds. The lowest BCUT2D eigenvalue weighted by atomic mass is 9.98. The van der Waals surface area contributed by atoms with E-state index in [-0.39, 0.29) is 11.3 Å². The second-order valence-corrected chi connectivity index (χ2v) is 4.70. The number of nitro benzene ring substituents is 1. The molecule has 0 aliphatic carbocycles. The van der Waals surface area contributed by atoms with Gasteiger partial charge in [0.25, 0.3) is 11.5 Å². The molecule has 116 valence electrons. The molecule has 1 aliphatic heterocycles. The van der Waals surface area contributed by atoms with E-state index in [9.17, 15) is 24.8 Å². The van der Waals surface area contributed by atoms with Crippen molar-refractivity contribution in [2.45, 2.75) is 12.8 Å². The third-order valence-electron chi connectivity index (χ3n) is 3.29. The topological polar surface area (TPSA) is 119 Å². The predicted octanol–water partition coefficient (Wildman–Crippen LogP) is 1.59. The highest BCUT2D eigenvalue weighted by molar-refractivity contribution is 6.39. The fourth-order valence-corrected chi connectivity index (χ4v) is 2.22. The minimum absolute atomic E-state index is 0.107. The summed E-state index contributed by atoms with van der Waals surface area (Å²) >= 11 is 0. The van der Waals surface area contributed by atoms with Crippen LogP contribution in [0.5, 0.6) is 0 Å². The van der Waals surface area contributed by atoms with Gasteiger partial charge in [-0.3, -0.25) is 14.9 Å². The van der Waals surface area contributed by atoms with E-state index in [0.717, 1.165) is 19.1 Å². The molecule has 1 aliphatic rings. The standard InChI is InChI=1S/C14H14N2O6/c1-22-14(19)13(18)7-12(17)9-5-8-3-2-4-15-10(8)6-11(9)16(20)21/h5-7,15,17H,2-4H2,1H3/b12-7-. The summed E-state index contributed by atoms with van der Waals surface area (Å²) in [6.07, 6.45) is 2.18. The SMILES string of the molecule is COC(=O)C(=O)/C=C(\O)c1cc2c(cc1[N+](=O)[O-])NCCC2. The van der Waals surface area contributed by atoms with Gasteiger partial charge in [0.2, 0.25) is 0 Å². The van der Waals surface area contributed by atoms with Crippen molar-refractivity contribution in [2.75, 3.05) is 19.0 Å². The zero-order chi connectivity index (χ0) is 16.3. The van der Waals surface area contributed by atoms with Gasteiger partial charge in [-0.15, -0.1) is 0 Å². The number of aliphatic hydroxyl groups excluding tert-OH is 1. The Morgan fingerprint density at radius 2 is 2.18 bits per heavy atom. The molecule has 0 radical (unpaired) electrons. The number of anilines is 1. The molecular formula is C14H14N2O6. The lowest BCUT2D eigenvalue weighted by molar-refractivity contribution is -0.385. The van der Waals surface area contributed by atoms with Gasteiger partial charge in [-0.1, -0.05) is 0 Å². The molecule has 0 aromatic heterocycles. The van der Waals surface area contributed by atoms with Crippen LogP contribution < -0.4 is 5.32 Å². The number of esters is 1. The Labute approximate surface area is 125 Å². The number of carbonyl (C=O) groups excluding carboxylic acids is 2. The van der Waals surface area contributed by atoms with Gasteiger partial charge in [0, 0.05) is 24.4 Å². The monoisotopic (exact) mass is 306 g/mol. The van der Waals surface area contributed by atoms with Gasteiger partial charge in [-0.2, -0.15) is 0 Å². The summed E-state index contributed by atoms with van der Waals surface area (Å²) in [5.74, 6) is -2.89. The molecule has 2 rings (SSSR count). The molecule has 8 heteroatoms. The van der Waals surface area contributed by atoms with Crippen LogP contribution in [0.25, 0.3) is 5.76 Å². The summed E-state index contributed by atoms with van der Waals surface area (Å²) in [7, 11) is 1.03. The number of nitrogens with zero attached hydrogens (tertiary/aromatic N) is 1. The Bertz CT molecular complexity index is 680. The maximum absolute atomic E-state index is 11.4. The molecule has 0 unspecified atom stereocenters. The number of nitro groups is 1. The summed E-state index contributed by atoms with van der Waals surface area (Å²) in [6, 6.07) is 2.77. The zero-order valence-electron chi connectivity index (χ0n) is 11.8. The number of hydrogen-bond donors (Lipinski definition) is 2. The van der Waals surface area contributed by atoms with Crippen LogP contribution in [0.4, 0.5) is 11.4 Å². The van der Waals surface area contributed by atoms with Crippen molar-refractivity contribution >= 4 is 28.9 Å². The molecule has 1 heterocycles. The molecule has 1 aromatic rings. The van der Waals surface area contributed by atoms with Gasteiger partial charge >= 0.3 is 5.97 Å². The zero-order valence-corrected chi connectivity index (χ0v) is 11.8. The fraction of sp³-hybridized carbons (Fsp3) is 0.286. The van der Waals surface area contributed by atoms with Crippen LogP contribution in [-0.4, -0.2) is 35.4 Å². The number of carbonyl (C=O) groups is 2. The lowest BCUT2D eigenvalue weighted by Gasteiger charge is -2.18. The molecule has 0 saturated carbocycles. The Morgan fingerprint density at radius 1 is 1.45 bits per heavy atom. The van der Waals surface area contributed by atoms with Crippen molar-refractivity contribution < 1.29 is 24.4 Å². The van der Waals surface area contributed by atoms with Crippen LogP contribution in [0.1, 0.15) is 17.5 Å². The van der Waals surface area contributed by atoms with Crippen LogP contribution in [0.2, 0.25) is 0 Å². The van der Waals surface area contributed by atoms with Crippen LogP contribution in [0, 0.1) is 10.1 Å². The first-order valence-electron chi connectivity index (χ1n) is 6.52. The van der Waals surface area contributed by atoms with Crippen LogP contribution >= 0.6 is 0 Å². The van der Waals surface area contributed by atoms with E-state index in [2.05, 4.69) is 10.1 Å². The van der Waals surface area contributed by atoms with Crippen LogP contribution in [0.3, 0.4) is 0 Å². The Hall–Kier alpha value is -2.90. The third-order valence-corrected chi connectivity index (χ3v) is 3.29. The van der Waals surface area contributed by atoms with E-state index in [1.54, 1.807) is 0 Å². The van der Waals surface area contributed by atoms with Crippen molar-refractivity contribution in [1.29, 1.82) is 0 Å². The highest BCUT2D eigenvalue weighted by atomic mass is 16.6. The molecule has 0 spiro atoms. The molecule has 0 atom stereocenters. The van der Waals surface area contributed by atoms with E-state index in [1.807, 2.05) is 0 Å². The fourth-order valence-electron chi connectivity index (χ4n) is 2.22. The average molecular weight is 306 g/mol. The van der Waals surface area contributed by atoms with E-state index in [4.69, 9.17) is 0 Å². The van der Waals surface area contributed by atoms with Gasteiger partial charge in [-0.05, 0) is 24.5 Å². The number of aryl methyl sites for hydroxylation is 1. The number of ether oxygens (including phenoxy) is 1. The predicted molar refractivity (Wildman–Crippen MR) is 77.5 cm³/mol. The van der Waals surface area contributed by atoms with Crippen molar-refractivity contribution in [2.24, 2.45) is 0 Å². The number of fused-ring (bicyclic) bond motifs is 1. The summed E-state index contributed by atoms with van der Waals surface area (Å²) in [6.45, 7) is 0.714. The second-order valence-electron chi connectivity index (χ2n) is 4.70. The van der Waals surface area contributed by atoms with Crippen molar-refractivity contribution in [3.63, 3.8) is 0 Å². The van der Waals surface area contributed by atoms with Gasteiger partial charge < -0.3 is 15.2 Å². The minimum atomic E-state index is -1.16. The van der Waals surface area contributed by atoms with Gasteiger partial charge in [0.1, 0.15) is 5.76 Å². The highest BCUT2D eigenvalue weighted by Gasteiger charge is 2.23. The van der Waals surface area contributed by atoms with Crippen molar-refractivity contribution in [3.05, 3.63) is 39.4 Å². The summed E-state index contributed by atoms with van der Waals surface area (Å²) in [5, 5.41) is 24.2. The molecule has 8 nitrogen and oxygen atoms in total. The van der Waals surface area contributed by atoms with E-state index in [1.165, 1.54) is 12.1 Å². The molecule has 22 heavy (non-hydrogen) atoms. The Kier molecular flexibility index (Phi) is 4.40. The number of nitrogens with one attached hydrogen (secondary N) is 1. The quantitative estimate of drug-likeness (QED) is 0.216. The number of aliphatic hydroxyl groups is 1. The maximum atomic E-state index is 11.4. The maximum Gasteiger partial charge on any atom is 0.378 e. The molecule has 2 N–H and O–H groups in total. The van der Waals surface area contributed by atoms with Crippen LogP contribution in [0.15, 0.2) is 18.2 Å². The number of methoxy groups -OCH3 is 1. The average Bonchev–Trinajstić information content (AvgIpc) is 2.52. The molecule has 0 fully saturated rings. The first kappa shape index (κ1) is 15.5. The largest absolute Gasteiger partial charge is 0.507 e. The summed E-state index contributed by atoms with van der Waals surface area (Å²) < 4.78 is 4.23. The molecule has 1 aromatic carbocycles. The number of benzene rings is 1. The van der Waals surface area contributed by atoms with Gasteiger partial charge in [-0.25, -0.2) is 4.79 Å². The second kappa shape index (κ2) is 6.25. The molecular weight excluding hydrogens is 292 g/mol. The van der Waals surface area contributed by atoms with E-state index < -0.39 is 22.4 Å². The Balaban J connectivity index is 2.48. The first-order chi connectivity index (χ1) is 10.4. The van der Waals surface area contributed by atoms with Crippen molar-refractivity contribution in [1.82, 2.24) is 0 Å². The van der Waals surface area contributed by atoms with Gasteiger partial charge in [0.05, 0.1) is 17.6 Å². The van der Waals surface area contributed by atoms with E-state index >= 15 is 0 Å². The van der Waals surface area contributed by atoms with Crippen molar-refractivity contribution in [3.8, 4) is 0 Å². The number of rotatable bonds is 4. The number of hydrogen-bond acceptors (Lipinski definition) is 7. The first-order valence-corrected chi connectivity index (χ1v) is 6.52. The normalized spacial score (nSPS) is 13.8. The highest BCUT2D eigenvalue weighted by Crippen LogP contribution is 2.33. The number of ketones is 1. The van der Waals surface area contributed by atoms with E-state index in [0.29, 0.717) is 24.7 Å². The molecule has 0 bridgehead atoms.